The number of benzene rings is 2. The highest BCUT2D eigenvalue weighted by atomic mass is 32.1. The Morgan fingerprint density at radius 2 is 1.06 bits per heavy atom. The van der Waals surface area contributed by atoms with Crippen LogP contribution in [0.25, 0.3) is 0 Å². The number of rotatable bonds is 6. The fraction of sp³-hybridized carbons (Fsp3) is 0. The summed E-state index contributed by atoms with van der Waals surface area (Å²) in [5, 5.41) is 48.5. The molecule has 0 radical (unpaired) electrons. The third-order valence-corrected chi connectivity index (χ3v) is 6.06. The molecule has 0 aliphatic carbocycles. The molecule has 0 aliphatic rings. The molecule has 10 nitrogen and oxygen atoms in total. The van der Waals surface area contributed by atoms with Crippen LogP contribution in [-0.4, -0.2) is 44.7 Å². The first-order valence-corrected chi connectivity index (χ1v) is 11.9. The van der Waals surface area contributed by atoms with E-state index in [1.165, 1.54) is 47.2 Å². The van der Waals surface area contributed by atoms with E-state index in [1.807, 2.05) is 0 Å². The lowest BCUT2D eigenvalue weighted by Crippen LogP contribution is -2.16. The minimum atomic E-state index is -0.319. The maximum Gasteiger partial charge on any atom is 0.281 e. The smallest absolute Gasteiger partial charge is 0.281 e. The SMILES string of the molecule is O=C(N/N=C/c1cccc(O)c1O)c1cccs1.O=C(N/N=C/c1cccc(O)c1O)c1cccs1. The Bertz CT molecular complexity index is 1260. The van der Waals surface area contributed by atoms with Gasteiger partial charge in [-0.15, -0.1) is 22.7 Å². The zero-order valence-corrected chi connectivity index (χ0v) is 20.0. The number of aromatic hydroxyl groups is 4. The molecular formula is C24H20N4O6S2. The maximum absolute atomic E-state index is 11.5. The van der Waals surface area contributed by atoms with Gasteiger partial charge in [-0.2, -0.15) is 10.2 Å². The second-order valence-corrected chi connectivity index (χ2v) is 8.68. The number of thiophene rings is 2. The summed E-state index contributed by atoms with van der Waals surface area (Å²) in [6.45, 7) is 0. The molecular weight excluding hydrogens is 504 g/mol. The Morgan fingerprint density at radius 3 is 1.42 bits per heavy atom. The van der Waals surface area contributed by atoms with Crippen LogP contribution in [-0.2, 0) is 0 Å². The molecule has 0 saturated heterocycles. The van der Waals surface area contributed by atoms with E-state index in [0.717, 1.165) is 0 Å². The summed E-state index contributed by atoms with van der Waals surface area (Å²) >= 11 is 2.62. The van der Waals surface area contributed by atoms with Crippen LogP contribution in [0, 0.1) is 0 Å². The topological polar surface area (TPSA) is 164 Å². The number of hydrogen-bond acceptors (Lipinski definition) is 10. The number of nitrogens with zero attached hydrogens (tertiary/aromatic N) is 2. The van der Waals surface area contributed by atoms with Crippen molar-refractivity contribution in [3.8, 4) is 23.0 Å². The van der Waals surface area contributed by atoms with Gasteiger partial charge < -0.3 is 20.4 Å². The summed E-state index contributed by atoms with van der Waals surface area (Å²) in [7, 11) is 0. The Morgan fingerprint density at radius 1 is 0.639 bits per heavy atom. The van der Waals surface area contributed by atoms with E-state index < -0.39 is 0 Å². The molecule has 0 saturated carbocycles. The van der Waals surface area contributed by atoms with Crippen molar-refractivity contribution in [1.29, 1.82) is 0 Å². The number of phenolic OH excluding ortho intramolecular Hbond substituents is 4. The van der Waals surface area contributed by atoms with Gasteiger partial charge in [0, 0.05) is 11.1 Å². The van der Waals surface area contributed by atoms with Gasteiger partial charge in [0.05, 0.1) is 22.2 Å². The van der Waals surface area contributed by atoms with E-state index >= 15 is 0 Å². The molecule has 4 aromatic rings. The quantitative estimate of drug-likeness (QED) is 0.127. The van der Waals surface area contributed by atoms with Crippen LogP contribution in [0.1, 0.15) is 30.5 Å². The third-order valence-electron chi connectivity index (χ3n) is 4.32. The second kappa shape index (κ2) is 12.7. The van der Waals surface area contributed by atoms with Crippen LogP contribution in [0.4, 0.5) is 0 Å². The van der Waals surface area contributed by atoms with Crippen LogP contribution < -0.4 is 10.9 Å². The summed E-state index contributed by atoms with van der Waals surface area (Å²) in [4.78, 5) is 24.1. The molecule has 0 bridgehead atoms. The number of phenols is 4. The zero-order valence-electron chi connectivity index (χ0n) is 18.4. The summed E-state index contributed by atoms with van der Waals surface area (Å²) < 4.78 is 0. The Kier molecular flexibility index (Phi) is 9.14. The lowest BCUT2D eigenvalue weighted by atomic mass is 10.2. The monoisotopic (exact) mass is 524 g/mol. The molecule has 6 N–H and O–H groups in total. The van der Waals surface area contributed by atoms with E-state index in [0.29, 0.717) is 20.9 Å². The van der Waals surface area contributed by atoms with Crippen LogP contribution >= 0.6 is 22.7 Å². The Hall–Kier alpha value is -4.68. The zero-order chi connectivity index (χ0) is 25.9. The molecule has 4 rings (SSSR count). The van der Waals surface area contributed by atoms with Crippen LogP contribution in [0.5, 0.6) is 23.0 Å². The summed E-state index contributed by atoms with van der Waals surface area (Å²) in [5.41, 5.74) is 5.30. The van der Waals surface area contributed by atoms with Gasteiger partial charge in [-0.25, -0.2) is 10.9 Å². The molecule has 0 unspecified atom stereocenters. The molecule has 184 valence electrons. The summed E-state index contributed by atoms with van der Waals surface area (Å²) in [6, 6.07) is 15.9. The fourth-order valence-electron chi connectivity index (χ4n) is 2.55. The Labute approximate surface area is 213 Å². The number of nitrogens with one attached hydrogen (secondary N) is 2. The van der Waals surface area contributed by atoms with Gasteiger partial charge in [0.15, 0.2) is 23.0 Å². The first-order valence-electron chi connectivity index (χ1n) is 10.1. The van der Waals surface area contributed by atoms with E-state index in [4.69, 9.17) is 0 Å². The number of hydrazone groups is 2. The minimum absolute atomic E-state index is 0.233. The molecule has 0 aliphatic heterocycles. The molecule has 36 heavy (non-hydrogen) atoms. The first kappa shape index (κ1) is 25.9. The van der Waals surface area contributed by atoms with Gasteiger partial charge in [-0.05, 0) is 47.2 Å². The molecule has 0 spiro atoms. The fourth-order valence-corrected chi connectivity index (χ4v) is 3.78. The highest BCUT2D eigenvalue weighted by Crippen LogP contribution is 2.27. The Balaban J connectivity index is 0.000000201. The van der Waals surface area contributed by atoms with E-state index in [-0.39, 0.29) is 34.8 Å². The van der Waals surface area contributed by atoms with E-state index in [1.54, 1.807) is 59.3 Å². The average Bonchev–Trinajstić information content (AvgIpc) is 3.60. The standard InChI is InChI=1S/2C12H10N2O3S/c2*15-9-4-1-3-8(11(9)16)7-13-14-12(17)10-5-2-6-18-10/h2*1-7,15-16H,(H,14,17)/b2*13-7+. The number of amides is 2. The molecule has 2 aromatic carbocycles. The highest BCUT2D eigenvalue weighted by Gasteiger charge is 2.07. The number of carbonyl (C=O) groups excluding carboxylic acids is 2. The number of para-hydroxylation sites is 2. The van der Waals surface area contributed by atoms with Crippen molar-refractivity contribution in [2.24, 2.45) is 10.2 Å². The van der Waals surface area contributed by atoms with Gasteiger partial charge in [0.1, 0.15) is 0 Å². The minimum Gasteiger partial charge on any atom is -0.504 e. The predicted molar refractivity (Wildman–Crippen MR) is 138 cm³/mol. The van der Waals surface area contributed by atoms with Gasteiger partial charge in [-0.3, -0.25) is 9.59 Å². The third kappa shape index (κ3) is 7.16. The lowest BCUT2D eigenvalue weighted by molar-refractivity contribution is 0.0951. The number of carbonyl (C=O) groups is 2. The lowest BCUT2D eigenvalue weighted by Gasteiger charge is -2.00. The van der Waals surface area contributed by atoms with Crippen LogP contribution in [0.2, 0.25) is 0 Å². The van der Waals surface area contributed by atoms with Gasteiger partial charge >= 0.3 is 0 Å². The first-order chi connectivity index (χ1) is 17.4. The summed E-state index contributed by atoms with van der Waals surface area (Å²) in [6.07, 6.45) is 2.53. The van der Waals surface area contributed by atoms with E-state index in [2.05, 4.69) is 21.1 Å². The van der Waals surface area contributed by atoms with Crippen LogP contribution in [0.3, 0.4) is 0 Å². The highest BCUT2D eigenvalue weighted by molar-refractivity contribution is 7.12. The van der Waals surface area contributed by atoms with Crippen molar-refractivity contribution in [3.05, 3.63) is 92.3 Å². The van der Waals surface area contributed by atoms with Gasteiger partial charge in [0.2, 0.25) is 0 Å². The molecule has 0 atom stereocenters. The van der Waals surface area contributed by atoms with Crippen molar-refractivity contribution in [1.82, 2.24) is 10.9 Å². The largest absolute Gasteiger partial charge is 0.504 e. The van der Waals surface area contributed by atoms with Crippen molar-refractivity contribution >= 4 is 46.9 Å². The van der Waals surface area contributed by atoms with Crippen molar-refractivity contribution in [2.45, 2.75) is 0 Å². The van der Waals surface area contributed by atoms with Gasteiger partial charge in [0.25, 0.3) is 11.8 Å². The van der Waals surface area contributed by atoms with Gasteiger partial charge in [-0.1, -0.05) is 24.3 Å². The predicted octanol–water partition coefficient (Wildman–Crippen LogP) is 3.85. The van der Waals surface area contributed by atoms with E-state index in [9.17, 15) is 30.0 Å². The van der Waals surface area contributed by atoms with Crippen molar-refractivity contribution in [3.63, 3.8) is 0 Å². The molecule has 2 heterocycles. The van der Waals surface area contributed by atoms with Crippen molar-refractivity contribution in [2.75, 3.05) is 0 Å². The second-order valence-electron chi connectivity index (χ2n) is 6.78. The normalized spacial score (nSPS) is 10.7. The molecule has 2 amide bonds. The molecule has 0 fully saturated rings. The number of hydrogen-bond donors (Lipinski definition) is 6. The van der Waals surface area contributed by atoms with Crippen molar-refractivity contribution < 1.29 is 30.0 Å². The summed E-state index contributed by atoms with van der Waals surface area (Å²) in [5.74, 6) is -1.65. The molecule has 12 heteroatoms. The molecule has 2 aromatic heterocycles. The average molecular weight is 525 g/mol. The maximum atomic E-state index is 11.5. The van der Waals surface area contributed by atoms with Crippen LogP contribution in [0.15, 0.2) is 81.6 Å².